The molecule has 1 amide bonds. The fourth-order valence-electron chi connectivity index (χ4n) is 3.33. The summed E-state index contributed by atoms with van der Waals surface area (Å²) in [6, 6.07) is 25.5. The molecule has 3 aromatic carbocycles. The van der Waals surface area contributed by atoms with Gasteiger partial charge in [0.15, 0.2) is 11.0 Å². The van der Waals surface area contributed by atoms with Crippen LogP contribution in [0.1, 0.15) is 12.7 Å². The summed E-state index contributed by atoms with van der Waals surface area (Å²) in [6.45, 7) is 1.90. The second-order valence-corrected chi connectivity index (χ2v) is 8.53. The zero-order chi connectivity index (χ0) is 23.2. The van der Waals surface area contributed by atoms with Crippen LogP contribution < -0.4 is 15.2 Å². The number of thioether (sulfide) groups is 1. The summed E-state index contributed by atoms with van der Waals surface area (Å²) in [5.41, 5.74) is 8.27. The molecule has 1 unspecified atom stereocenters. The number of methoxy groups -OCH3 is 1. The standard InChI is InChI=1S/C25H24N4O3S/c1-17(24(26)30)33-25-28-27-23(29(25)20-13-7-9-15-22(20)31-2)16-32-21-14-8-6-12-19(21)18-10-4-3-5-11-18/h3-15,17H,16H2,1-2H3,(H2,26,30). The van der Waals surface area contributed by atoms with Gasteiger partial charge < -0.3 is 15.2 Å². The molecule has 0 aliphatic rings. The second-order valence-electron chi connectivity index (χ2n) is 7.22. The van der Waals surface area contributed by atoms with Crippen LogP contribution in [0.3, 0.4) is 0 Å². The van der Waals surface area contributed by atoms with Gasteiger partial charge >= 0.3 is 0 Å². The number of amides is 1. The maximum absolute atomic E-state index is 11.7. The third kappa shape index (κ3) is 5.01. The van der Waals surface area contributed by atoms with Crippen molar-refractivity contribution in [2.24, 2.45) is 5.73 Å². The van der Waals surface area contributed by atoms with Gasteiger partial charge in [-0.05, 0) is 30.7 Å². The number of para-hydroxylation sites is 3. The Balaban J connectivity index is 1.69. The van der Waals surface area contributed by atoms with E-state index in [4.69, 9.17) is 15.2 Å². The number of hydrogen-bond acceptors (Lipinski definition) is 6. The van der Waals surface area contributed by atoms with Crippen LogP contribution in [0, 0.1) is 0 Å². The normalized spacial score (nSPS) is 11.7. The largest absolute Gasteiger partial charge is 0.495 e. The van der Waals surface area contributed by atoms with Gasteiger partial charge in [0.1, 0.15) is 18.1 Å². The topological polar surface area (TPSA) is 92.3 Å². The van der Waals surface area contributed by atoms with Crippen LogP contribution >= 0.6 is 11.8 Å². The van der Waals surface area contributed by atoms with E-state index in [0.717, 1.165) is 22.6 Å². The molecule has 0 saturated carbocycles. The third-order valence-electron chi connectivity index (χ3n) is 5.04. The lowest BCUT2D eigenvalue weighted by Crippen LogP contribution is -2.23. The molecule has 1 heterocycles. The summed E-state index contributed by atoms with van der Waals surface area (Å²) < 4.78 is 13.6. The first-order chi connectivity index (χ1) is 16.1. The molecule has 0 aliphatic heterocycles. The molecule has 0 fully saturated rings. The van der Waals surface area contributed by atoms with Crippen LogP contribution in [0.5, 0.6) is 11.5 Å². The van der Waals surface area contributed by atoms with Crippen molar-refractivity contribution < 1.29 is 14.3 Å². The van der Waals surface area contributed by atoms with Crippen LogP contribution in [-0.2, 0) is 11.4 Å². The molecule has 2 N–H and O–H groups in total. The molecule has 168 valence electrons. The summed E-state index contributed by atoms with van der Waals surface area (Å²) in [5, 5.41) is 8.72. The number of benzene rings is 3. The first kappa shape index (κ1) is 22.4. The molecular formula is C25H24N4O3S. The molecule has 7 nitrogen and oxygen atoms in total. The summed E-state index contributed by atoms with van der Waals surface area (Å²) in [6.07, 6.45) is 0. The maximum Gasteiger partial charge on any atom is 0.230 e. The lowest BCUT2D eigenvalue weighted by atomic mass is 10.1. The number of carbonyl (C=O) groups is 1. The lowest BCUT2D eigenvalue weighted by molar-refractivity contribution is -0.117. The van der Waals surface area contributed by atoms with Crippen molar-refractivity contribution in [2.45, 2.75) is 23.9 Å². The molecule has 33 heavy (non-hydrogen) atoms. The summed E-state index contributed by atoms with van der Waals surface area (Å²) in [5.74, 6) is 1.53. The van der Waals surface area contributed by atoms with Crippen LogP contribution in [0.2, 0.25) is 0 Å². The molecule has 4 rings (SSSR count). The Morgan fingerprint density at radius 3 is 2.36 bits per heavy atom. The van der Waals surface area contributed by atoms with Crippen LogP contribution in [0.4, 0.5) is 0 Å². The zero-order valence-corrected chi connectivity index (χ0v) is 19.2. The summed E-state index contributed by atoms with van der Waals surface area (Å²) >= 11 is 1.24. The van der Waals surface area contributed by atoms with E-state index in [1.54, 1.807) is 14.0 Å². The summed E-state index contributed by atoms with van der Waals surface area (Å²) in [7, 11) is 1.61. The van der Waals surface area contributed by atoms with Crippen molar-refractivity contribution in [3.8, 4) is 28.3 Å². The Morgan fingerprint density at radius 2 is 1.64 bits per heavy atom. The third-order valence-corrected chi connectivity index (χ3v) is 6.10. The predicted octanol–water partition coefficient (Wildman–Crippen LogP) is 4.49. The minimum atomic E-state index is -0.477. The van der Waals surface area contributed by atoms with Gasteiger partial charge in [0.2, 0.25) is 5.91 Å². The lowest BCUT2D eigenvalue weighted by Gasteiger charge is -2.16. The number of nitrogens with zero attached hydrogens (tertiary/aromatic N) is 3. The number of rotatable bonds is 9. The Kier molecular flexibility index (Phi) is 6.95. The fraction of sp³-hybridized carbons (Fsp3) is 0.160. The van der Waals surface area contributed by atoms with Gasteiger partial charge in [0, 0.05) is 5.56 Å². The number of primary amides is 1. The van der Waals surface area contributed by atoms with Crippen LogP contribution in [0.25, 0.3) is 16.8 Å². The number of aromatic nitrogens is 3. The molecule has 0 aliphatic carbocycles. The van der Waals surface area contributed by atoms with E-state index >= 15 is 0 Å². The van der Waals surface area contributed by atoms with Gasteiger partial charge in [0.25, 0.3) is 0 Å². The van der Waals surface area contributed by atoms with Gasteiger partial charge in [0.05, 0.1) is 18.0 Å². The SMILES string of the molecule is COc1ccccc1-n1c(COc2ccccc2-c2ccccc2)nnc1SC(C)C(N)=O. The first-order valence-corrected chi connectivity index (χ1v) is 11.3. The monoisotopic (exact) mass is 460 g/mol. The number of carbonyl (C=O) groups excluding carboxylic acids is 1. The highest BCUT2D eigenvalue weighted by atomic mass is 32.2. The first-order valence-electron chi connectivity index (χ1n) is 10.4. The Labute approximate surface area is 196 Å². The Morgan fingerprint density at radius 1 is 0.970 bits per heavy atom. The quantitative estimate of drug-likeness (QED) is 0.370. The molecule has 8 heteroatoms. The van der Waals surface area contributed by atoms with Crippen molar-refractivity contribution in [1.82, 2.24) is 14.8 Å². The molecule has 1 atom stereocenters. The molecular weight excluding hydrogens is 436 g/mol. The second kappa shape index (κ2) is 10.2. The van der Waals surface area contributed by atoms with Gasteiger partial charge in [-0.2, -0.15) is 0 Å². The summed E-state index contributed by atoms with van der Waals surface area (Å²) in [4.78, 5) is 11.7. The fourth-order valence-corrected chi connectivity index (χ4v) is 4.16. The van der Waals surface area contributed by atoms with Crippen molar-refractivity contribution in [3.63, 3.8) is 0 Å². The van der Waals surface area contributed by atoms with Gasteiger partial charge in [-0.1, -0.05) is 72.4 Å². The van der Waals surface area contributed by atoms with Gasteiger partial charge in [-0.15, -0.1) is 10.2 Å². The van der Waals surface area contributed by atoms with Gasteiger partial charge in [-0.25, -0.2) is 0 Å². The van der Waals surface area contributed by atoms with E-state index in [0.29, 0.717) is 16.7 Å². The van der Waals surface area contributed by atoms with Crippen LogP contribution in [-0.4, -0.2) is 33.0 Å². The highest BCUT2D eigenvalue weighted by Gasteiger charge is 2.22. The van der Waals surface area contributed by atoms with Crippen molar-refractivity contribution >= 4 is 17.7 Å². The average molecular weight is 461 g/mol. The van der Waals surface area contributed by atoms with Gasteiger partial charge in [-0.3, -0.25) is 9.36 Å². The van der Waals surface area contributed by atoms with E-state index in [2.05, 4.69) is 10.2 Å². The number of hydrogen-bond donors (Lipinski definition) is 1. The minimum Gasteiger partial charge on any atom is -0.495 e. The molecule has 0 spiro atoms. The van der Waals surface area contributed by atoms with E-state index in [1.807, 2.05) is 83.4 Å². The molecule has 1 aromatic heterocycles. The van der Waals surface area contributed by atoms with Crippen molar-refractivity contribution in [1.29, 1.82) is 0 Å². The Bertz CT molecular complexity index is 1240. The molecule has 0 bridgehead atoms. The molecule has 4 aromatic rings. The van der Waals surface area contributed by atoms with E-state index < -0.39 is 11.2 Å². The molecule has 0 saturated heterocycles. The maximum atomic E-state index is 11.7. The van der Waals surface area contributed by atoms with E-state index in [-0.39, 0.29) is 6.61 Å². The zero-order valence-electron chi connectivity index (χ0n) is 18.3. The highest BCUT2D eigenvalue weighted by molar-refractivity contribution is 8.00. The number of ether oxygens (including phenoxy) is 2. The smallest absolute Gasteiger partial charge is 0.230 e. The van der Waals surface area contributed by atoms with Crippen molar-refractivity contribution in [2.75, 3.05) is 7.11 Å². The van der Waals surface area contributed by atoms with E-state index in [1.165, 1.54) is 11.8 Å². The average Bonchev–Trinajstić information content (AvgIpc) is 3.25. The van der Waals surface area contributed by atoms with Crippen LogP contribution in [0.15, 0.2) is 84.0 Å². The van der Waals surface area contributed by atoms with Crippen molar-refractivity contribution in [3.05, 3.63) is 84.7 Å². The number of nitrogens with two attached hydrogens (primary N) is 1. The van der Waals surface area contributed by atoms with E-state index in [9.17, 15) is 4.79 Å². The Hall–Kier alpha value is -3.78. The molecule has 0 radical (unpaired) electrons. The minimum absolute atomic E-state index is 0.167. The highest BCUT2D eigenvalue weighted by Crippen LogP contribution is 2.33. The predicted molar refractivity (Wildman–Crippen MR) is 129 cm³/mol.